The van der Waals surface area contributed by atoms with Crippen molar-refractivity contribution in [3.63, 3.8) is 0 Å². The first-order valence-corrected chi connectivity index (χ1v) is 7.56. The second kappa shape index (κ2) is 5.49. The molecule has 3 rings (SSSR count). The second-order valence-electron chi connectivity index (χ2n) is 5.12. The Kier molecular flexibility index (Phi) is 3.70. The molecule has 3 heteroatoms. The van der Waals surface area contributed by atoms with E-state index in [0.717, 1.165) is 19.3 Å². The third kappa shape index (κ3) is 2.42. The maximum atomic E-state index is 13.9. The van der Waals surface area contributed by atoms with Crippen molar-refractivity contribution in [1.82, 2.24) is 0 Å². The van der Waals surface area contributed by atoms with Crippen LogP contribution in [0, 0.1) is 5.82 Å². The molecule has 0 unspecified atom stereocenters. The van der Waals surface area contributed by atoms with Crippen molar-refractivity contribution in [3.05, 3.63) is 68.9 Å². The molecular formula is C17H14BrFO. The number of fused-ring (bicyclic) bond motifs is 1. The monoisotopic (exact) mass is 332 g/mol. The molecule has 0 aliphatic heterocycles. The molecule has 0 bridgehead atoms. The maximum absolute atomic E-state index is 13.9. The van der Waals surface area contributed by atoms with Crippen LogP contribution in [-0.4, -0.2) is 5.78 Å². The molecule has 0 aromatic heterocycles. The van der Waals surface area contributed by atoms with Gasteiger partial charge in [0, 0.05) is 10.0 Å². The summed E-state index contributed by atoms with van der Waals surface area (Å²) in [5.74, 6) is -0.745. The molecule has 2 aromatic rings. The van der Waals surface area contributed by atoms with Crippen LogP contribution in [0.15, 0.2) is 40.9 Å². The predicted octanol–water partition coefficient (Wildman–Crippen LogP) is 4.70. The number of carbonyl (C=O) groups is 1. The van der Waals surface area contributed by atoms with E-state index in [1.165, 1.54) is 23.6 Å². The molecule has 1 nitrogen and oxygen atoms in total. The van der Waals surface area contributed by atoms with Crippen molar-refractivity contribution in [2.45, 2.75) is 25.7 Å². The number of aryl methyl sites for hydroxylation is 2. The summed E-state index contributed by atoms with van der Waals surface area (Å²) in [6, 6.07) is 10.3. The van der Waals surface area contributed by atoms with E-state index < -0.39 is 5.82 Å². The summed E-state index contributed by atoms with van der Waals surface area (Å²) in [5.41, 5.74) is 3.23. The average Bonchev–Trinajstić information content (AvgIpc) is 2.46. The van der Waals surface area contributed by atoms with Gasteiger partial charge in [-0.05, 0) is 70.9 Å². The quantitative estimate of drug-likeness (QED) is 0.728. The molecule has 102 valence electrons. The van der Waals surface area contributed by atoms with E-state index in [1.807, 2.05) is 18.2 Å². The minimum atomic E-state index is -0.484. The van der Waals surface area contributed by atoms with Crippen molar-refractivity contribution in [1.29, 1.82) is 0 Å². The van der Waals surface area contributed by atoms with Crippen LogP contribution in [-0.2, 0) is 12.8 Å². The SMILES string of the molecule is O=C(c1ccc2c(c1)CCCC2)c1c(F)cccc1Br. The van der Waals surface area contributed by atoms with Gasteiger partial charge in [-0.3, -0.25) is 4.79 Å². The third-order valence-corrected chi connectivity index (χ3v) is 4.46. The smallest absolute Gasteiger partial charge is 0.197 e. The molecule has 1 aliphatic rings. The Hall–Kier alpha value is -1.48. The first-order valence-electron chi connectivity index (χ1n) is 6.77. The molecule has 0 saturated heterocycles. The number of carbonyl (C=O) groups excluding carboxylic acids is 1. The lowest BCUT2D eigenvalue weighted by Gasteiger charge is -2.16. The molecule has 0 atom stereocenters. The Morgan fingerprint density at radius 1 is 1.05 bits per heavy atom. The Morgan fingerprint density at radius 3 is 2.55 bits per heavy atom. The van der Waals surface area contributed by atoms with Crippen LogP contribution in [0.2, 0.25) is 0 Å². The maximum Gasteiger partial charge on any atom is 0.197 e. The van der Waals surface area contributed by atoms with Gasteiger partial charge in [0.25, 0.3) is 0 Å². The third-order valence-electron chi connectivity index (χ3n) is 3.80. The minimum absolute atomic E-state index is 0.114. The Balaban J connectivity index is 2.03. The van der Waals surface area contributed by atoms with E-state index in [2.05, 4.69) is 15.9 Å². The highest BCUT2D eigenvalue weighted by molar-refractivity contribution is 9.10. The van der Waals surface area contributed by atoms with Gasteiger partial charge in [0.15, 0.2) is 5.78 Å². The zero-order valence-corrected chi connectivity index (χ0v) is 12.5. The van der Waals surface area contributed by atoms with Crippen LogP contribution >= 0.6 is 15.9 Å². The molecule has 0 radical (unpaired) electrons. The molecule has 0 N–H and O–H groups in total. The zero-order valence-electron chi connectivity index (χ0n) is 11.0. The first kappa shape index (κ1) is 13.5. The van der Waals surface area contributed by atoms with Crippen molar-refractivity contribution < 1.29 is 9.18 Å². The number of hydrogen-bond donors (Lipinski definition) is 0. The lowest BCUT2D eigenvalue weighted by atomic mass is 9.89. The fourth-order valence-corrected chi connectivity index (χ4v) is 3.26. The van der Waals surface area contributed by atoms with Crippen LogP contribution in [0.25, 0.3) is 0 Å². The van der Waals surface area contributed by atoms with Gasteiger partial charge in [-0.25, -0.2) is 4.39 Å². The van der Waals surface area contributed by atoms with Gasteiger partial charge >= 0.3 is 0 Å². The lowest BCUT2D eigenvalue weighted by molar-refractivity contribution is 0.103. The van der Waals surface area contributed by atoms with Gasteiger partial charge < -0.3 is 0 Å². The van der Waals surface area contributed by atoms with Gasteiger partial charge in [0.1, 0.15) is 5.82 Å². The highest BCUT2D eigenvalue weighted by Crippen LogP contribution is 2.26. The number of ketones is 1. The normalized spacial score (nSPS) is 13.9. The van der Waals surface area contributed by atoms with Gasteiger partial charge in [-0.15, -0.1) is 0 Å². The summed E-state index contributed by atoms with van der Waals surface area (Å²) in [6.07, 6.45) is 4.45. The van der Waals surface area contributed by atoms with Gasteiger partial charge in [0.05, 0.1) is 5.56 Å². The molecule has 1 aliphatic carbocycles. The summed E-state index contributed by atoms with van der Waals surface area (Å²) in [5, 5.41) is 0. The van der Waals surface area contributed by atoms with Crippen molar-refractivity contribution in [3.8, 4) is 0 Å². The van der Waals surface area contributed by atoms with E-state index in [9.17, 15) is 9.18 Å². The largest absolute Gasteiger partial charge is 0.288 e. The molecule has 20 heavy (non-hydrogen) atoms. The van der Waals surface area contributed by atoms with E-state index in [1.54, 1.807) is 12.1 Å². The highest BCUT2D eigenvalue weighted by atomic mass is 79.9. The first-order chi connectivity index (χ1) is 9.66. The topological polar surface area (TPSA) is 17.1 Å². The summed E-state index contributed by atoms with van der Waals surface area (Å²) in [4.78, 5) is 12.5. The molecule has 0 fully saturated rings. The van der Waals surface area contributed by atoms with E-state index in [0.29, 0.717) is 10.0 Å². The Morgan fingerprint density at radius 2 is 1.80 bits per heavy atom. The molecule has 0 heterocycles. The summed E-state index contributed by atoms with van der Waals surface area (Å²) >= 11 is 3.26. The number of halogens is 2. The number of rotatable bonds is 2. The number of benzene rings is 2. The zero-order chi connectivity index (χ0) is 14.1. The van der Waals surface area contributed by atoms with Crippen LogP contribution < -0.4 is 0 Å². The Bertz CT molecular complexity index is 658. The molecule has 0 spiro atoms. The minimum Gasteiger partial charge on any atom is -0.288 e. The van der Waals surface area contributed by atoms with E-state index in [4.69, 9.17) is 0 Å². The predicted molar refractivity (Wildman–Crippen MR) is 80.6 cm³/mol. The molecular weight excluding hydrogens is 319 g/mol. The number of hydrogen-bond acceptors (Lipinski definition) is 1. The standard InChI is InChI=1S/C17H14BrFO/c18-14-6-3-7-15(19)16(14)17(20)13-9-8-11-4-1-2-5-12(11)10-13/h3,6-10H,1-2,4-5H2. The fourth-order valence-electron chi connectivity index (χ4n) is 2.73. The molecule has 0 amide bonds. The van der Waals surface area contributed by atoms with Gasteiger partial charge in [0.2, 0.25) is 0 Å². The van der Waals surface area contributed by atoms with Crippen molar-refractivity contribution in [2.75, 3.05) is 0 Å². The van der Waals surface area contributed by atoms with E-state index >= 15 is 0 Å². The Labute approximate surface area is 126 Å². The van der Waals surface area contributed by atoms with Crippen LogP contribution in [0.3, 0.4) is 0 Å². The van der Waals surface area contributed by atoms with Crippen LogP contribution in [0.1, 0.15) is 39.9 Å². The molecule has 2 aromatic carbocycles. The molecule has 0 saturated carbocycles. The summed E-state index contributed by atoms with van der Waals surface area (Å²) in [6.45, 7) is 0. The van der Waals surface area contributed by atoms with Crippen LogP contribution in [0.4, 0.5) is 4.39 Å². The average molecular weight is 333 g/mol. The fraction of sp³-hybridized carbons (Fsp3) is 0.235. The van der Waals surface area contributed by atoms with Gasteiger partial charge in [-0.2, -0.15) is 0 Å². The highest BCUT2D eigenvalue weighted by Gasteiger charge is 2.19. The summed E-state index contributed by atoms with van der Waals surface area (Å²) < 4.78 is 14.4. The summed E-state index contributed by atoms with van der Waals surface area (Å²) in [7, 11) is 0. The van der Waals surface area contributed by atoms with Crippen molar-refractivity contribution in [2.24, 2.45) is 0 Å². The van der Waals surface area contributed by atoms with Crippen molar-refractivity contribution >= 4 is 21.7 Å². The second-order valence-corrected chi connectivity index (χ2v) is 5.97. The van der Waals surface area contributed by atoms with Gasteiger partial charge in [-0.1, -0.05) is 18.2 Å². The lowest BCUT2D eigenvalue weighted by Crippen LogP contribution is -2.09. The van der Waals surface area contributed by atoms with E-state index in [-0.39, 0.29) is 11.3 Å². The van der Waals surface area contributed by atoms with Crippen LogP contribution in [0.5, 0.6) is 0 Å².